The van der Waals surface area contributed by atoms with Gasteiger partial charge in [-0.1, -0.05) is 32.9 Å². The third kappa shape index (κ3) is 5.29. The average molecular weight is 480 g/mol. The number of aliphatic imine (C=N–C) groups is 2. The number of benzene rings is 1. The first-order valence-corrected chi connectivity index (χ1v) is 11.6. The molecule has 10 heteroatoms. The molecule has 0 atom stereocenters. The maximum atomic E-state index is 13.2. The molecule has 0 aliphatic rings. The number of aryl methyl sites for hydroxylation is 1. The molecule has 0 saturated heterocycles. The number of pyridine rings is 1. The van der Waals surface area contributed by atoms with Crippen molar-refractivity contribution in [3.63, 3.8) is 0 Å². The molecule has 0 aliphatic heterocycles. The molecule has 0 unspecified atom stereocenters. The fourth-order valence-electron chi connectivity index (χ4n) is 3.30. The van der Waals surface area contributed by atoms with Gasteiger partial charge in [-0.25, -0.2) is 15.0 Å². The van der Waals surface area contributed by atoms with Gasteiger partial charge in [-0.15, -0.1) is 11.3 Å². The van der Waals surface area contributed by atoms with E-state index in [9.17, 15) is 9.59 Å². The highest BCUT2D eigenvalue weighted by Gasteiger charge is 2.22. The monoisotopic (exact) mass is 479 g/mol. The highest BCUT2D eigenvalue weighted by atomic mass is 32.1. The minimum Gasteiger partial charge on any atom is -0.390 e. The zero-order chi connectivity index (χ0) is 25.0. The van der Waals surface area contributed by atoms with E-state index in [2.05, 4.69) is 20.3 Å². The summed E-state index contributed by atoms with van der Waals surface area (Å²) in [6, 6.07) is 5.53. The van der Waals surface area contributed by atoms with E-state index in [4.69, 9.17) is 17.2 Å². The molecule has 1 amide bonds. The molecule has 2 aromatic heterocycles. The van der Waals surface area contributed by atoms with E-state index in [1.807, 2.05) is 39.8 Å². The van der Waals surface area contributed by atoms with Crippen LogP contribution in [0, 0.1) is 12.3 Å². The summed E-state index contributed by atoms with van der Waals surface area (Å²) in [5.74, 6) is 0.218. The fraction of sp³-hybridized carbons (Fsp3) is 0.292. The topological polar surface area (TPSA) is 162 Å². The van der Waals surface area contributed by atoms with Crippen LogP contribution < -0.4 is 22.5 Å². The molecule has 34 heavy (non-hydrogen) atoms. The van der Waals surface area contributed by atoms with Crippen LogP contribution in [-0.4, -0.2) is 28.8 Å². The number of carbonyl (C=O) groups excluding carboxylic acids is 2. The number of hydrogen-bond acceptors (Lipinski definition) is 7. The Bertz CT molecular complexity index is 1300. The molecule has 3 aromatic rings. The second-order valence-electron chi connectivity index (χ2n) is 8.80. The second kappa shape index (κ2) is 10.1. The molecular formula is C24H29N7O2S. The van der Waals surface area contributed by atoms with E-state index in [1.165, 1.54) is 11.3 Å². The molecule has 0 saturated carbocycles. The maximum absolute atomic E-state index is 13.2. The summed E-state index contributed by atoms with van der Waals surface area (Å²) in [7, 11) is 0. The highest BCUT2D eigenvalue weighted by Crippen LogP contribution is 2.35. The van der Waals surface area contributed by atoms with Gasteiger partial charge in [0.05, 0.1) is 29.7 Å². The summed E-state index contributed by atoms with van der Waals surface area (Å²) in [5, 5.41) is 6.14. The molecule has 1 aromatic carbocycles. The first-order valence-electron chi connectivity index (χ1n) is 10.7. The lowest BCUT2D eigenvalue weighted by molar-refractivity contribution is -0.125. The smallest absolute Gasteiger partial charge is 0.258 e. The van der Waals surface area contributed by atoms with Gasteiger partial charge < -0.3 is 22.5 Å². The average Bonchev–Trinajstić information content (AvgIpc) is 3.18. The van der Waals surface area contributed by atoms with Gasteiger partial charge in [0, 0.05) is 39.2 Å². The SMILES string of the molecule is Cc1ccc2c(N=C(N)CC(=O)C(C)(C)C)nccc2c1NC(=O)c1csc(CN)c1N=CN. The van der Waals surface area contributed by atoms with Crippen LogP contribution in [0.5, 0.6) is 0 Å². The molecule has 0 aliphatic carbocycles. The van der Waals surface area contributed by atoms with E-state index in [0.29, 0.717) is 28.1 Å². The van der Waals surface area contributed by atoms with Crippen LogP contribution in [0.25, 0.3) is 10.8 Å². The van der Waals surface area contributed by atoms with Crippen molar-refractivity contribution in [2.75, 3.05) is 5.32 Å². The lowest BCUT2D eigenvalue weighted by Gasteiger charge is -2.16. The summed E-state index contributed by atoms with van der Waals surface area (Å²) in [5.41, 5.74) is 19.1. The predicted octanol–water partition coefficient (Wildman–Crippen LogP) is 3.93. The van der Waals surface area contributed by atoms with Crippen LogP contribution >= 0.6 is 11.3 Å². The molecule has 178 valence electrons. The predicted molar refractivity (Wildman–Crippen MR) is 139 cm³/mol. The Morgan fingerprint density at radius 1 is 1.21 bits per heavy atom. The zero-order valence-electron chi connectivity index (χ0n) is 19.7. The molecule has 0 radical (unpaired) electrons. The van der Waals surface area contributed by atoms with Gasteiger partial charge in [0.1, 0.15) is 11.6 Å². The quantitative estimate of drug-likeness (QED) is 0.296. The lowest BCUT2D eigenvalue weighted by Crippen LogP contribution is -2.26. The Balaban J connectivity index is 2.00. The molecule has 7 N–H and O–H groups in total. The number of amidine groups is 1. The van der Waals surface area contributed by atoms with Crippen molar-refractivity contribution in [1.29, 1.82) is 0 Å². The second-order valence-corrected chi connectivity index (χ2v) is 9.76. The summed E-state index contributed by atoms with van der Waals surface area (Å²) in [6.45, 7) is 7.66. The molecule has 0 bridgehead atoms. The van der Waals surface area contributed by atoms with Gasteiger partial charge in [-0.3, -0.25) is 9.59 Å². The number of nitrogens with zero attached hydrogens (tertiary/aromatic N) is 3. The number of anilines is 1. The van der Waals surface area contributed by atoms with E-state index >= 15 is 0 Å². The van der Waals surface area contributed by atoms with Gasteiger partial charge in [-0.05, 0) is 18.6 Å². The van der Waals surface area contributed by atoms with Gasteiger partial charge in [0.25, 0.3) is 5.91 Å². The molecule has 0 fully saturated rings. The number of nitrogens with one attached hydrogen (secondary N) is 1. The minimum atomic E-state index is -0.515. The van der Waals surface area contributed by atoms with Gasteiger partial charge in [0.15, 0.2) is 5.82 Å². The Morgan fingerprint density at radius 3 is 2.59 bits per heavy atom. The van der Waals surface area contributed by atoms with Crippen LogP contribution in [0.15, 0.2) is 39.8 Å². The minimum absolute atomic E-state index is 0.0127. The van der Waals surface area contributed by atoms with Crippen LogP contribution in [0.2, 0.25) is 0 Å². The number of Topliss-reactive ketones (excluding diaryl/α,β-unsaturated/α-hetero) is 1. The largest absolute Gasteiger partial charge is 0.390 e. The summed E-state index contributed by atoms with van der Waals surface area (Å²) >= 11 is 1.35. The van der Waals surface area contributed by atoms with E-state index in [-0.39, 0.29) is 30.5 Å². The van der Waals surface area contributed by atoms with Crippen molar-refractivity contribution in [1.82, 2.24) is 4.98 Å². The highest BCUT2D eigenvalue weighted by molar-refractivity contribution is 7.10. The first-order chi connectivity index (χ1) is 16.1. The van der Waals surface area contributed by atoms with Crippen LogP contribution in [0.4, 0.5) is 17.2 Å². The summed E-state index contributed by atoms with van der Waals surface area (Å²) in [4.78, 5) is 39.1. The number of amides is 1. The van der Waals surface area contributed by atoms with Crippen molar-refractivity contribution in [3.8, 4) is 0 Å². The van der Waals surface area contributed by atoms with E-state index in [1.54, 1.807) is 17.6 Å². The number of hydrogen-bond donors (Lipinski definition) is 4. The molecule has 2 heterocycles. The van der Waals surface area contributed by atoms with Crippen molar-refractivity contribution in [3.05, 3.63) is 45.8 Å². The third-order valence-electron chi connectivity index (χ3n) is 5.27. The van der Waals surface area contributed by atoms with Gasteiger partial charge >= 0.3 is 0 Å². The summed E-state index contributed by atoms with van der Waals surface area (Å²) < 4.78 is 0. The Labute approximate surface area is 202 Å². The van der Waals surface area contributed by atoms with Crippen molar-refractivity contribution in [2.24, 2.45) is 32.6 Å². The number of thiophene rings is 1. The van der Waals surface area contributed by atoms with Crippen LogP contribution in [0.3, 0.4) is 0 Å². The Morgan fingerprint density at radius 2 is 1.94 bits per heavy atom. The summed E-state index contributed by atoms with van der Waals surface area (Å²) in [6.07, 6.45) is 2.77. The van der Waals surface area contributed by atoms with Gasteiger partial charge in [-0.2, -0.15) is 0 Å². The van der Waals surface area contributed by atoms with Crippen molar-refractivity contribution >= 4 is 63.2 Å². The normalized spacial score (nSPS) is 12.4. The number of fused-ring (bicyclic) bond motifs is 1. The van der Waals surface area contributed by atoms with Crippen LogP contribution in [0.1, 0.15) is 48.0 Å². The number of ketones is 1. The van der Waals surface area contributed by atoms with Crippen molar-refractivity contribution in [2.45, 2.75) is 40.7 Å². The Hall–Kier alpha value is -3.63. The maximum Gasteiger partial charge on any atom is 0.258 e. The number of carbonyl (C=O) groups is 2. The van der Waals surface area contributed by atoms with Crippen molar-refractivity contribution < 1.29 is 9.59 Å². The Kier molecular flexibility index (Phi) is 7.43. The molecule has 9 nitrogen and oxygen atoms in total. The molecular weight excluding hydrogens is 450 g/mol. The van der Waals surface area contributed by atoms with E-state index in [0.717, 1.165) is 22.2 Å². The third-order valence-corrected chi connectivity index (χ3v) is 6.27. The fourth-order valence-corrected chi connectivity index (χ4v) is 4.15. The van der Waals surface area contributed by atoms with E-state index < -0.39 is 5.41 Å². The number of aromatic nitrogens is 1. The number of rotatable bonds is 7. The molecule has 3 rings (SSSR count). The number of nitrogens with two attached hydrogens (primary N) is 3. The zero-order valence-corrected chi connectivity index (χ0v) is 20.5. The van der Waals surface area contributed by atoms with Gasteiger partial charge in [0.2, 0.25) is 0 Å². The molecule has 0 spiro atoms. The standard InChI is InChI=1S/C24H29N7O2S/c1-13-5-6-15-14(7-8-28-22(15)30-19(27)9-18(32)24(2,3)4)20(13)31-23(33)16-11-34-17(10-25)21(16)29-12-26/h5-8,11-12H,9-10,25H2,1-4H3,(H2,26,29)(H,31,33)(H2,27,28,30). The first kappa shape index (κ1) is 25.0. The lowest BCUT2D eigenvalue weighted by atomic mass is 9.89. The van der Waals surface area contributed by atoms with Crippen LogP contribution in [-0.2, 0) is 11.3 Å².